The third-order valence-electron chi connectivity index (χ3n) is 3.19. The molecule has 0 aromatic heterocycles. The first-order chi connectivity index (χ1) is 8.83. The second-order valence-corrected chi connectivity index (χ2v) is 5.19. The summed E-state index contributed by atoms with van der Waals surface area (Å²) in [5, 5.41) is 1.96. The number of nitrogens with zero attached hydrogens (tertiary/aromatic N) is 1. The van der Waals surface area contributed by atoms with Crippen molar-refractivity contribution in [2.24, 2.45) is 0 Å². The van der Waals surface area contributed by atoms with Gasteiger partial charge in [-0.1, -0.05) is 30.3 Å². The molecule has 3 heteroatoms. The van der Waals surface area contributed by atoms with Gasteiger partial charge in [-0.05, 0) is 36.5 Å². The van der Waals surface area contributed by atoms with Gasteiger partial charge in [-0.2, -0.15) is 0 Å². The van der Waals surface area contributed by atoms with E-state index in [0.717, 1.165) is 37.1 Å². The molecule has 0 aliphatic carbocycles. The molecule has 1 saturated heterocycles. The van der Waals surface area contributed by atoms with Crippen molar-refractivity contribution in [3.63, 3.8) is 0 Å². The number of thioether (sulfide) groups is 1. The SMILES string of the molecule is CS/C=C(/C(=O)N1CCCCC1)c1ccccc1. The summed E-state index contributed by atoms with van der Waals surface area (Å²) in [6.45, 7) is 1.80. The maximum Gasteiger partial charge on any atom is 0.254 e. The molecule has 2 nitrogen and oxygen atoms in total. The van der Waals surface area contributed by atoms with Crippen LogP contribution in [0.3, 0.4) is 0 Å². The van der Waals surface area contributed by atoms with Gasteiger partial charge in [0.15, 0.2) is 0 Å². The summed E-state index contributed by atoms with van der Waals surface area (Å²) in [6.07, 6.45) is 5.50. The molecule has 0 bridgehead atoms. The van der Waals surface area contributed by atoms with Gasteiger partial charge in [0.25, 0.3) is 5.91 Å². The maximum absolute atomic E-state index is 12.5. The highest BCUT2D eigenvalue weighted by molar-refractivity contribution is 8.01. The zero-order valence-corrected chi connectivity index (χ0v) is 11.6. The Hall–Kier alpha value is -1.22. The van der Waals surface area contributed by atoms with Crippen LogP contribution in [0.1, 0.15) is 24.8 Å². The van der Waals surface area contributed by atoms with Crippen LogP contribution in [0.15, 0.2) is 35.7 Å². The molecule has 1 aliphatic heterocycles. The highest BCUT2D eigenvalue weighted by Crippen LogP contribution is 2.22. The molecular formula is C15H19NOS. The second kappa shape index (κ2) is 6.64. The van der Waals surface area contributed by atoms with E-state index in [1.807, 2.05) is 46.9 Å². The lowest BCUT2D eigenvalue weighted by molar-refractivity contribution is -0.125. The summed E-state index contributed by atoms with van der Waals surface area (Å²) in [6, 6.07) is 9.94. The van der Waals surface area contributed by atoms with Crippen molar-refractivity contribution in [2.45, 2.75) is 19.3 Å². The van der Waals surface area contributed by atoms with E-state index in [0.29, 0.717) is 0 Å². The molecule has 0 unspecified atom stereocenters. The van der Waals surface area contributed by atoms with Crippen molar-refractivity contribution in [3.8, 4) is 0 Å². The van der Waals surface area contributed by atoms with Gasteiger partial charge >= 0.3 is 0 Å². The number of carbonyl (C=O) groups is 1. The van der Waals surface area contributed by atoms with Crippen LogP contribution in [-0.4, -0.2) is 30.2 Å². The topological polar surface area (TPSA) is 20.3 Å². The molecule has 0 radical (unpaired) electrons. The molecule has 1 heterocycles. The highest BCUT2D eigenvalue weighted by Gasteiger charge is 2.20. The molecule has 0 saturated carbocycles. The van der Waals surface area contributed by atoms with Gasteiger partial charge in [-0.15, -0.1) is 11.8 Å². The Labute approximate surface area is 113 Å². The van der Waals surface area contributed by atoms with E-state index in [9.17, 15) is 4.79 Å². The molecule has 1 aromatic rings. The molecule has 0 N–H and O–H groups in total. The van der Waals surface area contributed by atoms with Crippen LogP contribution in [0.2, 0.25) is 0 Å². The van der Waals surface area contributed by atoms with Gasteiger partial charge in [0.05, 0.1) is 5.57 Å². The largest absolute Gasteiger partial charge is 0.339 e. The Balaban J connectivity index is 2.20. The van der Waals surface area contributed by atoms with E-state index >= 15 is 0 Å². The van der Waals surface area contributed by atoms with E-state index in [-0.39, 0.29) is 5.91 Å². The van der Waals surface area contributed by atoms with Gasteiger partial charge in [0, 0.05) is 13.1 Å². The van der Waals surface area contributed by atoms with Crippen LogP contribution < -0.4 is 0 Å². The molecule has 1 fully saturated rings. The molecular weight excluding hydrogens is 242 g/mol. The predicted octanol–water partition coefficient (Wildman–Crippen LogP) is 3.40. The summed E-state index contributed by atoms with van der Waals surface area (Å²) in [7, 11) is 0. The Morgan fingerprint density at radius 1 is 1.17 bits per heavy atom. The van der Waals surface area contributed by atoms with Gasteiger partial charge in [0.1, 0.15) is 0 Å². The monoisotopic (exact) mass is 261 g/mol. The molecule has 1 aliphatic rings. The van der Waals surface area contributed by atoms with Crippen LogP contribution in [0, 0.1) is 0 Å². The number of hydrogen-bond acceptors (Lipinski definition) is 2. The van der Waals surface area contributed by atoms with E-state index in [1.165, 1.54) is 6.42 Å². The first-order valence-electron chi connectivity index (χ1n) is 6.40. The number of amides is 1. The zero-order valence-electron chi connectivity index (χ0n) is 10.8. The Morgan fingerprint density at radius 2 is 1.83 bits per heavy atom. The average molecular weight is 261 g/mol. The number of carbonyl (C=O) groups excluding carboxylic acids is 1. The molecule has 18 heavy (non-hydrogen) atoms. The van der Waals surface area contributed by atoms with Crippen LogP contribution in [0.25, 0.3) is 5.57 Å². The van der Waals surface area contributed by atoms with E-state index in [1.54, 1.807) is 11.8 Å². The van der Waals surface area contributed by atoms with Gasteiger partial charge < -0.3 is 4.90 Å². The quantitative estimate of drug-likeness (QED) is 0.777. The fraction of sp³-hybridized carbons (Fsp3) is 0.400. The van der Waals surface area contributed by atoms with Crippen molar-refractivity contribution in [3.05, 3.63) is 41.3 Å². The van der Waals surface area contributed by atoms with Gasteiger partial charge in [-0.25, -0.2) is 0 Å². The number of rotatable bonds is 3. The summed E-state index contributed by atoms with van der Waals surface area (Å²) < 4.78 is 0. The molecule has 2 rings (SSSR count). The van der Waals surface area contributed by atoms with Crippen LogP contribution in [0.4, 0.5) is 0 Å². The summed E-state index contributed by atoms with van der Waals surface area (Å²) in [5.74, 6) is 0.176. The van der Waals surface area contributed by atoms with E-state index < -0.39 is 0 Å². The van der Waals surface area contributed by atoms with E-state index in [4.69, 9.17) is 0 Å². The Bertz CT molecular complexity index is 421. The number of benzene rings is 1. The third kappa shape index (κ3) is 3.16. The lowest BCUT2D eigenvalue weighted by Gasteiger charge is -2.27. The summed E-state index contributed by atoms with van der Waals surface area (Å²) in [4.78, 5) is 14.5. The minimum atomic E-state index is 0.176. The summed E-state index contributed by atoms with van der Waals surface area (Å²) in [5.41, 5.74) is 1.84. The van der Waals surface area contributed by atoms with Gasteiger partial charge in [0.2, 0.25) is 0 Å². The smallest absolute Gasteiger partial charge is 0.254 e. The number of hydrogen-bond donors (Lipinski definition) is 0. The van der Waals surface area contributed by atoms with Crippen molar-refractivity contribution in [1.82, 2.24) is 4.90 Å². The van der Waals surface area contributed by atoms with Crippen LogP contribution in [-0.2, 0) is 4.79 Å². The molecule has 0 spiro atoms. The summed E-state index contributed by atoms with van der Waals surface area (Å²) >= 11 is 1.59. The minimum Gasteiger partial charge on any atom is -0.339 e. The first-order valence-corrected chi connectivity index (χ1v) is 7.69. The highest BCUT2D eigenvalue weighted by atomic mass is 32.2. The average Bonchev–Trinajstić information content (AvgIpc) is 2.46. The molecule has 96 valence electrons. The standard InChI is InChI=1S/C15H19NOS/c1-18-12-14(13-8-4-2-5-9-13)15(17)16-10-6-3-7-11-16/h2,4-5,8-9,12H,3,6-7,10-11H2,1H3/b14-12+. The maximum atomic E-state index is 12.5. The number of likely N-dealkylation sites (tertiary alicyclic amines) is 1. The third-order valence-corrected chi connectivity index (χ3v) is 3.67. The first kappa shape index (κ1) is 13.2. The minimum absolute atomic E-state index is 0.176. The lowest BCUT2D eigenvalue weighted by atomic mass is 10.0. The predicted molar refractivity (Wildman–Crippen MR) is 78.4 cm³/mol. The fourth-order valence-corrected chi connectivity index (χ4v) is 2.72. The Morgan fingerprint density at radius 3 is 2.44 bits per heavy atom. The van der Waals surface area contributed by atoms with Crippen LogP contribution >= 0.6 is 11.8 Å². The Kier molecular flexibility index (Phi) is 4.88. The van der Waals surface area contributed by atoms with Crippen molar-refractivity contribution in [2.75, 3.05) is 19.3 Å². The fourth-order valence-electron chi connectivity index (χ4n) is 2.24. The molecule has 0 atom stereocenters. The second-order valence-electron chi connectivity index (χ2n) is 4.49. The zero-order chi connectivity index (χ0) is 12.8. The normalized spacial score (nSPS) is 16.7. The van der Waals surface area contributed by atoms with Crippen molar-refractivity contribution < 1.29 is 4.79 Å². The van der Waals surface area contributed by atoms with Crippen LogP contribution in [0.5, 0.6) is 0 Å². The van der Waals surface area contributed by atoms with Crippen molar-refractivity contribution >= 4 is 23.2 Å². The number of piperidine rings is 1. The van der Waals surface area contributed by atoms with E-state index in [2.05, 4.69) is 0 Å². The van der Waals surface area contributed by atoms with Crippen molar-refractivity contribution in [1.29, 1.82) is 0 Å². The molecule has 1 aromatic carbocycles. The van der Waals surface area contributed by atoms with Gasteiger partial charge in [-0.3, -0.25) is 4.79 Å². The molecule has 1 amide bonds. The lowest BCUT2D eigenvalue weighted by Crippen LogP contribution is -2.36.